The van der Waals surface area contributed by atoms with Gasteiger partial charge in [-0.1, -0.05) is 0 Å². The van der Waals surface area contributed by atoms with Crippen LogP contribution >= 0.6 is 11.3 Å². The molecule has 0 amide bonds. The molecule has 0 spiro atoms. The van der Waals surface area contributed by atoms with Crippen LogP contribution in [0.1, 0.15) is 10.8 Å². The molecule has 0 bridgehead atoms. The maximum atomic E-state index is 13.5. The molecule has 1 aliphatic rings. The Hall–Kier alpha value is -3.35. The van der Waals surface area contributed by atoms with E-state index in [2.05, 4.69) is 11.1 Å². The fourth-order valence-electron chi connectivity index (χ4n) is 3.46. The van der Waals surface area contributed by atoms with Gasteiger partial charge in [0.1, 0.15) is 28.8 Å². The quantitative estimate of drug-likeness (QED) is 0.473. The first-order valence-electron chi connectivity index (χ1n) is 9.13. The number of anilines is 1. The summed E-state index contributed by atoms with van der Waals surface area (Å²) < 4.78 is 39.4. The molecule has 2 aromatic carbocycles. The molecular weight excluding hydrogens is 422 g/mol. The van der Waals surface area contributed by atoms with E-state index in [0.29, 0.717) is 33.3 Å². The number of hydrogen-bond donors (Lipinski definition) is 0. The van der Waals surface area contributed by atoms with Crippen molar-refractivity contribution in [2.45, 2.75) is 11.8 Å². The van der Waals surface area contributed by atoms with Crippen molar-refractivity contribution >= 4 is 38.1 Å². The number of aryl methyl sites for hydroxylation is 1. The monoisotopic (exact) mass is 437 g/mol. The summed E-state index contributed by atoms with van der Waals surface area (Å²) in [4.78, 5) is 5.87. The number of sulfonamides is 1. The van der Waals surface area contributed by atoms with Gasteiger partial charge in [-0.25, -0.2) is 13.4 Å². The molecule has 0 unspecified atom stereocenters. The van der Waals surface area contributed by atoms with Crippen LogP contribution in [-0.2, 0) is 10.0 Å². The van der Waals surface area contributed by atoms with E-state index < -0.39 is 10.0 Å². The van der Waals surface area contributed by atoms with Crippen molar-refractivity contribution in [3.8, 4) is 22.3 Å². The minimum Gasteiger partial charge on any atom is -0.489 e. The maximum absolute atomic E-state index is 13.5. The third-order valence-corrected chi connectivity index (χ3v) is 7.68. The molecule has 0 atom stereocenters. The van der Waals surface area contributed by atoms with Crippen molar-refractivity contribution in [2.24, 2.45) is 0 Å². The van der Waals surface area contributed by atoms with E-state index in [1.54, 1.807) is 31.2 Å². The molecule has 0 aliphatic carbocycles. The number of nitriles is 1. The van der Waals surface area contributed by atoms with Gasteiger partial charge in [0, 0.05) is 11.8 Å². The molecule has 3 heterocycles. The molecule has 0 saturated carbocycles. The minimum atomic E-state index is -3.83. The van der Waals surface area contributed by atoms with Gasteiger partial charge in [0.15, 0.2) is 11.5 Å². The van der Waals surface area contributed by atoms with E-state index in [-0.39, 0.29) is 18.0 Å². The Kier molecular flexibility index (Phi) is 4.27. The number of hydrogen-bond acceptors (Lipinski definition) is 7. The van der Waals surface area contributed by atoms with Gasteiger partial charge in [-0.2, -0.15) is 5.26 Å². The van der Waals surface area contributed by atoms with Crippen LogP contribution in [0.25, 0.3) is 21.5 Å². The van der Waals surface area contributed by atoms with Crippen LogP contribution < -0.4 is 9.04 Å². The average Bonchev–Trinajstić information content (AvgIpc) is 3.37. The number of ether oxygens (including phenoxy) is 1. The van der Waals surface area contributed by atoms with Crippen LogP contribution in [0.15, 0.2) is 57.8 Å². The summed E-state index contributed by atoms with van der Waals surface area (Å²) in [5, 5.41) is 9.08. The first-order chi connectivity index (χ1) is 14.5. The standard InChI is InChI=1S/C21H15N3O4S2/c1-13-23-17-11-16(4-6-19(17)28-13)30(25,26)24-8-9-27-20-5-2-14(10-18(20)24)21-7-3-15(12-22)29-21/h2-7,10-11H,8-9H2,1H3. The van der Waals surface area contributed by atoms with Gasteiger partial charge in [-0.05, 0) is 54.1 Å². The SMILES string of the molecule is Cc1nc2cc(S(=O)(=O)N3CCOc4ccc(-c5ccc(C#N)s5)cc43)ccc2o1. The number of nitrogens with zero attached hydrogens (tertiary/aromatic N) is 3. The average molecular weight is 438 g/mol. The fourth-order valence-corrected chi connectivity index (χ4v) is 5.73. The molecular formula is C21H15N3O4S2. The van der Waals surface area contributed by atoms with Gasteiger partial charge in [0.05, 0.1) is 17.1 Å². The molecule has 30 heavy (non-hydrogen) atoms. The lowest BCUT2D eigenvalue weighted by Crippen LogP contribution is -2.37. The number of aromatic nitrogens is 1. The number of rotatable bonds is 3. The van der Waals surface area contributed by atoms with Gasteiger partial charge in [0.25, 0.3) is 10.0 Å². The summed E-state index contributed by atoms with van der Waals surface area (Å²) in [6.07, 6.45) is 0. The summed E-state index contributed by atoms with van der Waals surface area (Å²) in [6, 6.07) is 15.8. The molecule has 0 radical (unpaired) electrons. The third kappa shape index (κ3) is 3.01. The number of benzene rings is 2. The van der Waals surface area contributed by atoms with Gasteiger partial charge in [0.2, 0.25) is 0 Å². The lowest BCUT2D eigenvalue weighted by atomic mass is 10.1. The molecule has 4 aromatic rings. The first-order valence-corrected chi connectivity index (χ1v) is 11.4. The van der Waals surface area contributed by atoms with Gasteiger partial charge < -0.3 is 9.15 Å². The predicted molar refractivity (Wildman–Crippen MR) is 113 cm³/mol. The first kappa shape index (κ1) is 18.7. The number of thiophene rings is 1. The molecule has 150 valence electrons. The molecule has 0 N–H and O–H groups in total. The van der Waals surface area contributed by atoms with Crippen LogP contribution in [0, 0.1) is 18.3 Å². The Morgan fingerprint density at radius 1 is 1.17 bits per heavy atom. The number of oxazole rings is 1. The zero-order valence-corrected chi connectivity index (χ0v) is 17.5. The fraction of sp³-hybridized carbons (Fsp3) is 0.143. The van der Waals surface area contributed by atoms with Crippen LogP contribution in [0.4, 0.5) is 5.69 Å². The molecule has 5 rings (SSSR count). The van der Waals surface area contributed by atoms with Gasteiger partial charge >= 0.3 is 0 Å². The normalized spacial score (nSPS) is 13.7. The van der Waals surface area contributed by atoms with Crippen molar-refractivity contribution < 1.29 is 17.6 Å². The van der Waals surface area contributed by atoms with Gasteiger partial charge in [-0.15, -0.1) is 11.3 Å². The Labute approximate surface area is 176 Å². The second kappa shape index (κ2) is 6.86. The second-order valence-corrected chi connectivity index (χ2v) is 9.69. The highest BCUT2D eigenvalue weighted by Gasteiger charge is 2.31. The second-order valence-electron chi connectivity index (χ2n) is 6.75. The Morgan fingerprint density at radius 3 is 2.83 bits per heavy atom. The highest BCUT2D eigenvalue weighted by molar-refractivity contribution is 7.92. The lowest BCUT2D eigenvalue weighted by molar-refractivity contribution is 0.316. The van der Waals surface area contributed by atoms with E-state index >= 15 is 0 Å². The highest BCUT2D eigenvalue weighted by atomic mass is 32.2. The van der Waals surface area contributed by atoms with Crippen LogP contribution in [-0.4, -0.2) is 26.6 Å². The molecule has 9 heteroatoms. The summed E-state index contributed by atoms with van der Waals surface area (Å²) >= 11 is 1.36. The van der Waals surface area contributed by atoms with Gasteiger partial charge in [-0.3, -0.25) is 4.31 Å². The van der Waals surface area contributed by atoms with Crippen LogP contribution in [0.3, 0.4) is 0 Å². The van der Waals surface area contributed by atoms with Crippen molar-refractivity contribution in [2.75, 3.05) is 17.5 Å². The van der Waals surface area contributed by atoms with Crippen molar-refractivity contribution in [1.29, 1.82) is 5.26 Å². The maximum Gasteiger partial charge on any atom is 0.264 e. The topological polar surface area (TPSA) is 96.4 Å². The molecule has 0 saturated heterocycles. The zero-order chi connectivity index (χ0) is 20.9. The highest BCUT2D eigenvalue weighted by Crippen LogP contribution is 2.40. The largest absolute Gasteiger partial charge is 0.489 e. The van der Waals surface area contributed by atoms with Crippen molar-refractivity contribution in [3.05, 3.63) is 59.3 Å². The van der Waals surface area contributed by atoms with E-state index in [4.69, 9.17) is 14.4 Å². The molecule has 0 fully saturated rings. The van der Waals surface area contributed by atoms with E-state index in [1.807, 2.05) is 12.1 Å². The lowest BCUT2D eigenvalue weighted by Gasteiger charge is -2.30. The van der Waals surface area contributed by atoms with E-state index in [9.17, 15) is 8.42 Å². The third-order valence-electron chi connectivity index (χ3n) is 4.83. The molecule has 7 nitrogen and oxygen atoms in total. The summed E-state index contributed by atoms with van der Waals surface area (Å²) in [7, 11) is -3.83. The van der Waals surface area contributed by atoms with E-state index in [1.165, 1.54) is 27.8 Å². The zero-order valence-electron chi connectivity index (χ0n) is 15.8. The Balaban J connectivity index is 1.60. The molecule has 1 aliphatic heterocycles. The Morgan fingerprint density at radius 2 is 2.03 bits per heavy atom. The van der Waals surface area contributed by atoms with E-state index in [0.717, 1.165) is 10.4 Å². The minimum absolute atomic E-state index is 0.143. The van der Waals surface area contributed by atoms with Crippen LogP contribution in [0.2, 0.25) is 0 Å². The van der Waals surface area contributed by atoms with Crippen molar-refractivity contribution in [1.82, 2.24) is 4.98 Å². The summed E-state index contributed by atoms with van der Waals surface area (Å²) in [5.41, 5.74) is 2.34. The Bertz CT molecular complexity index is 1430. The number of fused-ring (bicyclic) bond motifs is 2. The summed E-state index contributed by atoms with van der Waals surface area (Å²) in [6.45, 7) is 2.17. The van der Waals surface area contributed by atoms with Crippen LogP contribution in [0.5, 0.6) is 5.75 Å². The van der Waals surface area contributed by atoms with Crippen molar-refractivity contribution in [3.63, 3.8) is 0 Å². The smallest absolute Gasteiger partial charge is 0.264 e. The summed E-state index contributed by atoms with van der Waals surface area (Å²) in [5.74, 6) is 0.984. The molecule has 2 aromatic heterocycles. The predicted octanol–water partition coefficient (Wildman–Crippen LogP) is 4.32.